The summed E-state index contributed by atoms with van der Waals surface area (Å²) in [5.41, 5.74) is 2.50. The minimum absolute atomic E-state index is 0.336. The summed E-state index contributed by atoms with van der Waals surface area (Å²) in [6.45, 7) is 6.75. The van der Waals surface area contributed by atoms with Crippen molar-refractivity contribution in [3.8, 4) is 0 Å². The predicted octanol–water partition coefficient (Wildman–Crippen LogP) is 3.36. The summed E-state index contributed by atoms with van der Waals surface area (Å²) in [7, 11) is 1.80. The number of carboxylic acids is 1. The van der Waals surface area contributed by atoms with Crippen LogP contribution in [0.4, 0.5) is 5.69 Å². The third-order valence-electron chi connectivity index (χ3n) is 4.48. The molecule has 0 spiro atoms. The van der Waals surface area contributed by atoms with Crippen LogP contribution in [0.3, 0.4) is 0 Å². The van der Waals surface area contributed by atoms with Crippen LogP contribution in [-0.4, -0.2) is 28.7 Å². The van der Waals surface area contributed by atoms with Crippen molar-refractivity contribution in [3.05, 3.63) is 30.0 Å². The van der Waals surface area contributed by atoms with E-state index in [1.54, 1.807) is 17.7 Å². The zero-order valence-electron chi connectivity index (χ0n) is 12.8. The summed E-state index contributed by atoms with van der Waals surface area (Å²) in [5.74, 6) is 0.528. The maximum Gasteiger partial charge on any atom is 0.352 e. The van der Waals surface area contributed by atoms with E-state index >= 15 is 0 Å². The van der Waals surface area contributed by atoms with E-state index in [0.717, 1.165) is 24.0 Å². The Balaban J connectivity index is 1.99. The van der Waals surface area contributed by atoms with Gasteiger partial charge in [-0.2, -0.15) is 0 Å². The SMILES string of the molecule is CC1CC(C)CN(c2ccc3c(c2)cc(C(=O)O)n3C)C1. The first-order valence-electron chi connectivity index (χ1n) is 7.53. The van der Waals surface area contributed by atoms with Crippen LogP contribution >= 0.6 is 0 Å². The number of hydrogen-bond donors (Lipinski definition) is 1. The molecule has 2 atom stereocenters. The molecule has 1 saturated heterocycles. The van der Waals surface area contributed by atoms with Gasteiger partial charge >= 0.3 is 5.97 Å². The molecule has 1 aliphatic heterocycles. The van der Waals surface area contributed by atoms with Crippen molar-refractivity contribution in [2.45, 2.75) is 20.3 Å². The summed E-state index contributed by atoms with van der Waals surface area (Å²) in [6.07, 6.45) is 1.28. The first-order valence-corrected chi connectivity index (χ1v) is 7.53. The molecule has 0 saturated carbocycles. The molecule has 4 nitrogen and oxygen atoms in total. The Labute approximate surface area is 125 Å². The number of carboxylic acid groups (broad SMARTS) is 1. The van der Waals surface area contributed by atoms with Crippen molar-refractivity contribution in [2.75, 3.05) is 18.0 Å². The standard InChI is InChI=1S/C17H22N2O2/c1-11-6-12(2)10-19(9-11)14-4-5-15-13(7-14)8-16(17(20)21)18(15)3/h4-5,7-8,11-12H,6,9-10H2,1-3H3,(H,20,21). The van der Waals surface area contributed by atoms with E-state index in [-0.39, 0.29) is 0 Å². The van der Waals surface area contributed by atoms with Gasteiger partial charge in [-0.15, -0.1) is 0 Å². The fraction of sp³-hybridized carbons (Fsp3) is 0.471. The van der Waals surface area contributed by atoms with Crippen LogP contribution in [0.25, 0.3) is 10.9 Å². The number of rotatable bonds is 2. The Kier molecular flexibility index (Phi) is 3.40. The number of aromatic nitrogens is 1. The average molecular weight is 286 g/mol. The number of aryl methyl sites for hydroxylation is 1. The third kappa shape index (κ3) is 2.50. The lowest BCUT2D eigenvalue weighted by Gasteiger charge is -2.36. The lowest BCUT2D eigenvalue weighted by atomic mass is 9.91. The van der Waals surface area contributed by atoms with Gasteiger partial charge in [-0.1, -0.05) is 13.8 Å². The van der Waals surface area contributed by atoms with Crippen molar-refractivity contribution in [1.82, 2.24) is 4.57 Å². The van der Waals surface area contributed by atoms with Crippen LogP contribution in [-0.2, 0) is 7.05 Å². The van der Waals surface area contributed by atoms with Gasteiger partial charge < -0.3 is 14.6 Å². The zero-order chi connectivity index (χ0) is 15.1. The minimum Gasteiger partial charge on any atom is -0.477 e. The van der Waals surface area contributed by atoms with Crippen molar-refractivity contribution in [1.29, 1.82) is 0 Å². The summed E-state index contributed by atoms with van der Waals surface area (Å²) in [5, 5.41) is 10.2. The van der Waals surface area contributed by atoms with Gasteiger partial charge in [0.2, 0.25) is 0 Å². The molecule has 112 valence electrons. The topological polar surface area (TPSA) is 45.5 Å². The molecule has 1 fully saturated rings. The highest BCUT2D eigenvalue weighted by Crippen LogP contribution is 2.29. The maximum atomic E-state index is 11.2. The number of benzene rings is 1. The molecule has 0 amide bonds. The second-order valence-electron chi connectivity index (χ2n) is 6.49. The van der Waals surface area contributed by atoms with E-state index in [2.05, 4.69) is 30.9 Å². The van der Waals surface area contributed by atoms with Crippen molar-refractivity contribution in [2.24, 2.45) is 18.9 Å². The van der Waals surface area contributed by atoms with Gasteiger partial charge in [0.05, 0.1) is 0 Å². The van der Waals surface area contributed by atoms with Gasteiger partial charge in [0.15, 0.2) is 0 Å². The largest absolute Gasteiger partial charge is 0.477 e. The fourth-order valence-electron chi connectivity index (χ4n) is 3.61. The number of anilines is 1. The second-order valence-corrected chi connectivity index (χ2v) is 6.49. The van der Waals surface area contributed by atoms with E-state index in [4.69, 9.17) is 0 Å². The molecule has 2 unspecified atom stereocenters. The number of carbonyl (C=O) groups is 1. The van der Waals surface area contributed by atoms with Crippen molar-refractivity contribution in [3.63, 3.8) is 0 Å². The van der Waals surface area contributed by atoms with Gasteiger partial charge in [-0.05, 0) is 42.5 Å². The Morgan fingerprint density at radius 2 is 1.86 bits per heavy atom. The first-order chi connectivity index (χ1) is 9.95. The quantitative estimate of drug-likeness (QED) is 0.920. The van der Waals surface area contributed by atoms with Crippen LogP contribution in [0.5, 0.6) is 0 Å². The Morgan fingerprint density at radius 3 is 2.48 bits per heavy atom. The first kappa shape index (κ1) is 14.0. The zero-order valence-corrected chi connectivity index (χ0v) is 12.8. The van der Waals surface area contributed by atoms with Crippen LogP contribution in [0, 0.1) is 11.8 Å². The highest BCUT2D eigenvalue weighted by Gasteiger charge is 2.22. The van der Waals surface area contributed by atoms with Gasteiger partial charge in [0.25, 0.3) is 0 Å². The van der Waals surface area contributed by atoms with Crippen LogP contribution in [0.1, 0.15) is 30.8 Å². The van der Waals surface area contributed by atoms with Gasteiger partial charge in [0, 0.05) is 36.7 Å². The third-order valence-corrected chi connectivity index (χ3v) is 4.48. The highest BCUT2D eigenvalue weighted by molar-refractivity contribution is 5.95. The van der Waals surface area contributed by atoms with Crippen molar-refractivity contribution >= 4 is 22.6 Å². The van der Waals surface area contributed by atoms with E-state index < -0.39 is 5.97 Å². The van der Waals surface area contributed by atoms with Crippen LogP contribution < -0.4 is 4.90 Å². The summed E-state index contributed by atoms with van der Waals surface area (Å²) in [4.78, 5) is 13.7. The molecule has 1 aromatic heterocycles. The molecule has 0 bridgehead atoms. The lowest BCUT2D eigenvalue weighted by molar-refractivity contribution is 0.0687. The molecular weight excluding hydrogens is 264 g/mol. The van der Waals surface area contributed by atoms with E-state index in [9.17, 15) is 9.90 Å². The maximum absolute atomic E-state index is 11.2. The summed E-state index contributed by atoms with van der Waals surface area (Å²) >= 11 is 0. The Hall–Kier alpha value is -1.97. The molecule has 1 aliphatic rings. The highest BCUT2D eigenvalue weighted by atomic mass is 16.4. The molecular formula is C17H22N2O2. The number of hydrogen-bond acceptors (Lipinski definition) is 2. The number of piperidine rings is 1. The van der Waals surface area contributed by atoms with E-state index in [1.807, 2.05) is 6.07 Å². The predicted molar refractivity (Wildman–Crippen MR) is 85.0 cm³/mol. The molecule has 0 aliphatic carbocycles. The van der Waals surface area contributed by atoms with Gasteiger partial charge in [-0.3, -0.25) is 0 Å². The van der Waals surface area contributed by atoms with Gasteiger partial charge in [-0.25, -0.2) is 4.79 Å². The smallest absolute Gasteiger partial charge is 0.352 e. The second kappa shape index (κ2) is 5.10. The van der Waals surface area contributed by atoms with Crippen LogP contribution in [0.2, 0.25) is 0 Å². The molecule has 1 aromatic carbocycles. The lowest BCUT2D eigenvalue weighted by Crippen LogP contribution is -2.38. The molecule has 4 heteroatoms. The Bertz CT molecular complexity index is 679. The number of aromatic carboxylic acids is 1. The average Bonchev–Trinajstić information content (AvgIpc) is 2.75. The molecule has 2 aromatic rings. The van der Waals surface area contributed by atoms with E-state index in [1.165, 1.54) is 12.1 Å². The van der Waals surface area contributed by atoms with Crippen LogP contribution in [0.15, 0.2) is 24.3 Å². The molecule has 3 rings (SSSR count). The molecule has 2 heterocycles. The summed E-state index contributed by atoms with van der Waals surface area (Å²) in [6, 6.07) is 8.02. The molecule has 21 heavy (non-hydrogen) atoms. The minimum atomic E-state index is -0.879. The number of fused-ring (bicyclic) bond motifs is 1. The fourth-order valence-corrected chi connectivity index (χ4v) is 3.61. The summed E-state index contributed by atoms with van der Waals surface area (Å²) < 4.78 is 1.74. The molecule has 1 N–H and O–H groups in total. The monoisotopic (exact) mass is 286 g/mol. The number of nitrogens with zero attached hydrogens (tertiary/aromatic N) is 2. The molecule has 0 radical (unpaired) electrons. The van der Waals surface area contributed by atoms with Crippen molar-refractivity contribution < 1.29 is 9.90 Å². The Morgan fingerprint density at radius 1 is 1.19 bits per heavy atom. The van der Waals surface area contributed by atoms with E-state index in [0.29, 0.717) is 17.5 Å². The van der Waals surface area contributed by atoms with Gasteiger partial charge in [0.1, 0.15) is 5.69 Å². The normalized spacial score (nSPS) is 22.7.